The molecule has 0 aliphatic carbocycles. The maximum atomic E-state index is 14.4. The Morgan fingerprint density at radius 1 is 0.430 bits per heavy atom. The molecule has 0 saturated carbocycles. The van der Waals surface area contributed by atoms with E-state index < -0.39 is 12.2 Å². The first-order chi connectivity index (χ1) is 70.4. The summed E-state index contributed by atoms with van der Waals surface area (Å²) in [5, 5.41) is 51.4. The van der Waals surface area contributed by atoms with Gasteiger partial charge in [-0.15, -0.1) is 0 Å². The van der Waals surface area contributed by atoms with Crippen LogP contribution in [0.15, 0.2) is 220 Å². The molecule has 10 heterocycles. The number of aromatic nitrogens is 16. The van der Waals surface area contributed by atoms with Gasteiger partial charge in [0.25, 0.3) is 0 Å². The van der Waals surface area contributed by atoms with E-state index in [1.165, 1.54) is 12.1 Å². The summed E-state index contributed by atoms with van der Waals surface area (Å²) in [6, 6.07) is 49.3. The average molecular weight is 2050 g/mol. The number of aliphatic hydroxyl groups excluding tert-OH is 2. The van der Waals surface area contributed by atoms with E-state index in [1.807, 2.05) is 177 Å². The molecule has 2 fully saturated rings. The second kappa shape index (κ2) is 54.8. The Morgan fingerprint density at radius 2 is 0.805 bits per heavy atom. The Labute approximate surface area is 879 Å². The number of anilines is 8. The van der Waals surface area contributed by atoms with Gasteiger partial charge in [-0.1, -0.05) is 36.1 Å². The number of hydrogen-bond donors (Lipinski definition) is 3. The van der Waals surface area contributed by atoms with Crippen LogP contribution in [-0.2, 0) is 21.3 Å². The zero-order valence-electron chi connectivity index (χ0n) is 85.5. The molecule has 8 aromatic carbocycles. The molecule has 4 atom stereocenters. The van der Waals surface area contributed by atoms with Crippen molar-refractivity contribution < 1.29 is 62.0 Å². The monoisotopic (exact) mass is 2050 g/mol. The van der Waals surface area contributed by atoms with Crippen molar-refractivity contribution in [1.29, 1.82) is 5.26 Å². The molecule has 2 saturated heterocycles. The molecule has 18 rings (SSSR count). The number of nitrogens with zero attached hydrogens (tertiary/aromatic N) is 22. The van der Waals surface area contributed by atoms with Crippen LogP contribution in [0, 0.1) is 17.1 Å². The highest BCUT2D eigenvalue weighted by molar-refractivity contribution is 7.59. The van der Waals surface area contributed by atoms with Crippen LogP contribution in [0.2, 0.25) is 0 Å². The number of nitrogens with one attached hydrogen (secondary N) is 1. The largest absolute Gasteiger partial charge is 0.497 e. The zero-order chi connectivity index (χ0) is 102. The molecule has 0 bridgehead atoms. The second-order valence-electron chi connectivity index (χ2n) is 36.2. The van der Waals surface area contributed by atoms with Gasteiger partial charge in [0, 0.05) is 237 Å². The Kier molecular flexibility index (Phi) is 42.1. The molecular formula is C112H142FN23O12S. The minimum absolute atomic E-state index is 0. The van der Waals surface area contributed by atoms with Crippen molar-refractivity contribution in [1.82, 2.24) is 89.2 Å². The second-order valence-corrected chi connectivity index (χ2v) is 36.2. The molecule has 35 nitrogen and oxygen atoms in total. The molecule has 149 heavy (non-hydrogen) atoms. The fourth-order valence-corrected chi connectivity index (χ4v) is 17.4. The van der Waals surface area contributed by atoms with Gasteiger partial charge in [-0.3, -0.25) is 38.9 Å². The lowest BCUT2D eigenvalue weighted by molar-refractivity contribution is -0.0394. The van der Waals surface area contributed by atoms with Gasteiger partial charge in [-0.05, 0) is 152 Å². The van der Waals surface area contributed by atoms with Crippen molar-refractivity contribution in [3.05, 3.63) is 226 Å². The van der Waals surface area contributed by atoms with Gasteiger partial charge >= 0.3 is 0 Å². The van der Waals surface area contributed by atoms with Gasteiger partial charge in [0.05, 0.1) is 217 Å². The number of likely N-dealkylation sites (tertiary alicyclic amines) is 1. The van der Waals surface area contributed by atoms with Crippen LogP contribution >= 0.6 is 13.5 Å². The summed E-state index contributed by atoms with van der Waals surface area (Å²) >= 11 is 0. The number of fused-ring (bicyclic) bond motifs is 4. The van der Waals surface area contributed by atoms with Gasteiger partial charge in [0.15, 0.2) is 0 Å². The number of methoxy groups -OCH3 is 9. The number of hydrogen-bond acceptors (Lipinski definition) is 31. The third-order valence-corrected chi connectivity index (χ3v) is 24.9. The average Bonchev–Trinajstić information content (AvgIpc) is 1.04. The van der Waals surface area contributed by atoms with Crippen molar-refractivity contribution in [2.75, 3.05) is 149 Å². The highest BCUT2D eigenvalue weighted by Crippen LogP contribution is 2.41. The molecule has 0 amide bonds. The summed E-state index contributed by atoms with van der Waals surface area (Å²) in [6.07, 6.45) is 27.7. The molecule has 790 valence electrons. The Morgan fingerprint density at radius 3 is 1.17 bits per heavy atom. The number of aliphatic hydroxyl groups is 2. The maximum absolute atomic E-state index is 14.4. The molecule has 0 radical (unpaired) electrons. The smallest absolute Gasteiger partial charge is 0.150 e. The van der Waals surface area contributed by atoms with Crippen molar-refractivity contribution in [2.24, 2.45) is 7.05 Å². The van der Waals surface area contributed by atoms with Crippen LogP contribution < -0.4 is 58.1 Å². The summed E-state index contributed by atoms with van der Waals surface area (Å²) in [5.74, 6) is 4.18. The molecular weight excluding hydrogens is 1910 g/mol. The quantitative estimate of drug-likeness (QED) is 0.0322. The third-order valence-electron chi connectivity index (χ3n) is 24.9. The summed E-state index contributed by atoms with van der Waals surface area (Å²) in [7, 11) is 16.3. The van der Waals surface area contributed by atoms with Crippen LogP contribution in [0.25, 0.3) is 89.2 Å². The van der Waals surface area contributed by atoms with Crippen LogP contribution in [-0.4, -0.2) is 248 Å². The van der Waals surface area contributed by atoms with Gasteiger partial charge < -0.3 is 82.5 Å². The summed E-state index contributed by atoms with van der Waals surface area (Å²) in [4.78, 5) is 48.8. The lowest BCUT2D eigenvalue weighted by Crippen LogP contribution is -2.32. The van der Waals surface area contributed by atoms with E-state index in [1.54, 1.807) is 118 Å². The van der Waals surface area contributed by atoms with Crippen molar-refractivity contribution in [3.8, 4) is 91.3 Å². The van der Waals surface area contributed by atoms with E-state index in [0.29, 0.717) is 72.6 Å². The topological polar surface area (TPSA) is 359 Å². The van der Waals surface area contributed by atoms with E-state index in [0.717, 1.165) is 212 Å². The lowest BCUT2D eigenvalue weighted by Gasteiger charge is -2.28. The third kappa shape index (κ3) is 29.6. The fraction of sp³-hybridized carbons (Fsp3) is 0.384. The highest BCUT2D eigenvalue weighted by Gasteiger charge is 2.28. The first-order valence-corrected chi connectivity index (χ1v) is 48.5. The van der Waals surface area contributed by atoms with Gasteiger partial charge in [-0.25, -0.2) is 29.0 Å². The summed E-state index contributed by atoms with van der Waals surface area (Å²) < 4.78 is 76.3. The summed E-state index contributed by atoms with van der Waals surface area (Å²) in [6.45, 7) is 18.4. The molecule has 2 aliphatic heterocycles. The normalized spacial score (nSPS) is 13.6. The fourth-order valence-electron chi connectivity index (χ4n) is 17.4. The van der Waals surface area contributed by atoms with Crippen molar-refractivity contribution in [3.63, 3.8) is 0 Å². The number of nitriles is 1. The number of ether oxygens (including phenoxy) is 10. The van der Waals surface area contributed by atoms with Crippen LogP contribution in [0.3, 0.4) is 0 Å². The van der Waals surface area contributed by atoms with Gasteiger partial charge in [0.2, 0.25) is 0 Å². The number of rotatable bonds is 39. The molecule has 16 aromatic rings. The van der Waals surface area contributed by atoms with Crippen LogP contribution in [0.1, 0.15) is 127 Å². The minimum Gasteiger partial charge on any atom is -0.497 e. The number of benzene rings is 8. The Hall–Kier alpha value is -14.8. The molecule has 3 N–H and O–H groups in total. The molecule has 0 spiro atoms. The lowest BCUT2D eigenvalue weighted by atomic mass is 10.1. The van der Waals surface area contributed by atoms with E-state index in [4.69, 9.17) is 67.3 Å². The van der Waals surface area contributed by atoms with Crippen molar-refractivity contribution in [2.45, 2.75) is 151 Å². The van der Waals surface area contributed by atoms with Crippen LogP contribution in [0.4, 0.5) is 49.9 Å². The first kappa shape index (κ1) is 115. The SMILES string of the molecule is C.C.C.COCC(O)CN(c1cc(OC)cc(OC)c1)c1ccc2ncc(-c3cnn(C(C)C)c3)nc2c1.COCC(O)CN(c1cc(OC)cc(OC)c1)c1ccc2ncc(-c3cnn(C(C)C)c3)nc2c1.COc1cc(F)cc(N(CCNC(C)C)c2ccc3ncc(-c4cnn(C5CCCCO5)c4)nc3c2)c1.COc1cc(OC)cc(N(CCCN2CCC[C@H]2CC#N)c2ccc3ncc(-c4cnn(C)c4)nc3c2)c1.S. The van der Waals surface area contributed by atoms with E-state index in [2.05, 4.69) is 120 Å². The minimum atomic E-state index is -0.716. The molecule has 8 aromatic heterocycles. The van der Waals surface area contributed by atoms with Gasteiger partial charge in [0.1, 0.15) is 52.3 Å². The van der Waals surface area contributed by atoms with E-state index in [9.17, 15) is 19.9 Å². The first-order valence-electron chi connectivity index (χ1n) is 48.5. The maximum Gasteiger partial charge on any atom is 0.150 e. The summed E-state index contributed by atoms with van der Waals surface area (Å²) in [5.41, 5.74) is 19.7. The van der Waals surface area contributed by atoms with Crippen LogP contribution in [0.5, 0.6) is 40.2 Å². The predicted molar refractivity (Wildman–Crippen MR) is 592 cm³/mol. The predicted octanol–water partition coefficient (Wildman–Crippen LogP) is 20.9. The molecule has 37 heteroatoms. The molecule has 3 unspecified atom stereocenters. The highest BCUT2D eigenvalue weighted by atomic mass is 32.1. The number of aryl methyl sites for hydroxylation is 1. The molecule has 2 aliphatic rings. The number of halogens is 1. The van der Waals surface area contributed by atoms with E-state index >= 15 is 0 Å². The van der Waals surface area contributed by atoms with Gasteiger partial charge in [-0.2, -0.15) is 39.2 Å². The standard InChI is InChI=1S/C29H33N7O2.C28H33FN6O2.2C26H31N5O4.3CH4.H2S/c1-34-20-21(18-32-34)29-19-31-27-8-7-23(16-28(27)33-29)36(24-14-25(37-2)17-26(15-24)38-3)13-5-12-35-11-4-6-22(35)9-10-30;1-19(2)30-9-10-34(23-12-21(29)13-24(14-23)36-3)22-7-8-25-26(15-22)33-27(17-31-25)20-16-32-35(18-20)28-6-4-5-11-37-28;2*1-17(2)31-14-18(12-28-31)26-13-27-24-7-6-19(10-25(24)29-26)30(15-21(32)16-33-3)20-8-22(34-4)11-23(9-20)35-5;;;;/h7-8,14-20,22H,4-6,9,11-13H2,1-3H3;7-8,12-19,28,30H,4-6,9-11H2,1-3H3;2*6-14,17,21,32H,15-16H2,1-5H3;3*1H4;1H2/t22-;;;;;;;/m0......./s1. The zero-order valence-corrected chi connectivity index (χ0v) is 86.5. The van der Waals surface area contributed by atoms with Crippen molar-refractivity contribution >= 4 is 103 Å². The Bertz CT molecular complexity index is 6770. The Balaban J connectivity index is 0.000000187. The van der Waals surface area contributed by atoms with E-state index in [-0.39, 0.29) is 73.1 Å².